The summed E-state index contributed by atoms with van der Waals surface area (Å²) in [5.74, 6) is 0.665. The van der Waals surface area contributed by atoms with Gasteiger partial charge >= 0.3 is 0 Å². The summed E-state index contributed by atoms with van der Waals surface area (Å²) in [6.45, 7) is 0.581. The van der Waals surface area contributed by atoms with E-state index in [1.807, 2.05) is 36.5 Å². The molecule has 0 bridgehead atoms. The lowest BCUT2D eigenvalue weighted by Crippen LogP contribution is -2.38. The number of para-hydroxylation sites is 1. The normalized spacial score (nSPS) is 16.0. The largest absolute Gasteiger partial charge is 0.480 e. The third-order valence-corrected chi connectivity index (χ3v) is 4.59. The number of rotatable bonds is 4. The Morgan fingerprint density at radius 2 is 2.17 bits per heavy atom. The topological polar surface area (TPSA) is 54.1 Å². The van der Waals surface area contributed by atoms with Crippen LogP contribution in [0.3, 0.4) is 0 Å². The molecule has 2 N–H and O–H groups in total. The fraction of sp³-hybridized carbons (Fsp3) is 0.211. The summed E-state index contributed by atoms with van der Waals surface area (Å²) in [6, 6.07) is 13.6. The molecule has 1 amide bonds. The Morgan fingerprint density at radius 3 is 3.08 bits per heavy atom. The molecular formula is C19H17ClN2O2. The van der Waals surface area contributed by atoms with Gasteiger partial charge in [-0.1, -0.05) is 29.8 Å². The number of nitrogens with one attached hydrogen (secondary N) is 2. The molecule has 0 aliphatic carbocycles. The van der Waals surface area contributed by atoms with Gasteiger partial charge < -0.3 is 15.0 Å². The fourth-order valence-electron chi connectivity index (χ4n) is 3.14. The highest BCUT2D eigenvalue weighted by Crippen LogP contribution is 2.31. The fourth-order valence-corrected chi connectivity index (χ4v) is 3.33. The van der Waals surface area contributed by atoms with Crippen LogP contribution in [0.5, 0.6) is 5.75 Å². The number of carbonyl (C=O) groups is 1. The molecule has 4 nitrogen and oxygen atoms in total. The standard InChI is InChI=1S/C19H17ClN2O2/c20-14-5-6-17-13(9-14)10-18(24-17)19(23)21-8-7-12-11-22-16-4-2-1-3-15(12)16/h1-6,9,11,18,22H,7-8,10H2,(H,21,23)/t18-/m1/s1. The van der Waals surface area contributed by atoms with E-state index >= 15 is 0 Å². The zero-order valence-corrected chi connectivity index (χ0v) is 13.8. The van der Waals surface area contributed by atoms with Crippen LogP contribution in [0.1, 0.15) is 11.1 Å². The van der Waals surface area contributed by atoms with Gasteiger partial charge in [-0.2, -0.15) is 0 Å². The number of fused-ring (bicyclic) bond motifs is 2. The molecule has 4 rings (SSSR count). The van der Waals surface area contributed by atoms with Crippen LogP contribution in [0.25, 0.3) is 10.9 Å². The van der Waals surface area contributed by atoms with Gasteiger partial charge in [-0.05, 0) is 41.8 Å². The third kappa shape index (κ3) is 2.85. The number of carbonyl (C=O) groups excluding carboxylic acids is 1. The molecule has 0 unspecified atom stereocenters. The lowest BCUT2D eigenvalue weighted by Gasteiger charge is -2.11. The second-order valence-corrected chi connectivity index (χ2v) is 6.40. The average molecular weight is 341 g/mol. The molecular weight excluding hydrogens is 324 g/mol. The van der Waals surface area contributed by atoms with E-state index < -0.39 is 6.10 Å². The number of benzene rings is 2. The molecule has 0 spiro atoms. The van der Waals surface area contributed by atoms with E-state index in [2.05, 4.69) is 16.4 Å². The molecule has 0 saturated heterocycles. The third-order valence-electron chi connectivity index (χ3n) is 4.36. The lowest BCUT2D eigenvalue weighted by molar-refractivity contribution is -0.127. The number of hydrogen-bond acceptors (Lipinski definition) is 2. The SMILES string of the molecule is O=C(NCCc1c[nH]c2ccccc12)[C@H]1Cc2cc(Cl)ccc2O1. The molecule has 1 atom stereocenters. The second kappa shape index (κ2) is 6.21. The van der Waals surface area contributed by atoms with Crippen LogP contribution < -0.4 is 10.1 Å². The van der Waals surface area contributed by atoms with Crippen molar-refractivity contribution < 1.29 is 9.53 Å². The van der Waals surface area contributed by atoms with Gasteiger partial charge in [0.1, 0.15) is 5.75 Å². The van der Waals surface area contributed by atoms with Crippen molar-refractivity contribution in [2.75, 3.05) is 6.54 Å². The van der Waals surface area contributed by atoms with Crippen molar-refractivity contribution in [1.82, 2.24) is 10.3 Å². The van der Waals surface area contributed by atoms with Crippen molar-refractivity contribution in [2.24, 2.45) is 0 Å². The first-order valence-electron chi connectivity index (χ1n) is 7.98. The molecule has 1 aliphatic heterocycles. The van der Waals surface area contributed by atoms with Gasteiger partial charge in [0.2, 0.25) is 0 Å². The Kier molecular flexibility index (Phi) is 3.90. The molecule has 1 aromatic heterocycles. The Labute approximate surface area is 144 Å². The smallest absolute Gasteiger partial charge is 0.261 e. The molecule has 0 saturated carbocycles. The van der Waals surface area contributed by atoms with Crippen LogP contribution in [0.15, 0.2) is 48.7 Å². The van der Waals surface area contributed by atoms with E-state index in [0.717, 1.165) is 23.3 Å². The zero-order chi connectivity index (χ0) is 16.5. The van der Waals surface area contributed by atoms with Crippen molar-refractivity contribution in [3.63, 3.8) is 0 Å². The minimum absolute atomic E-state index is 0.0813. The van der Waals surface area contributed by atoms with E-state index in [0.29, 0.717) is 18.0 Å². The number of ether oxygens (including phenoxy) is 1. The van der Waals surface area contributed by atoms with Gasteiger partial charge in [0.05, 0.1) is 0 Å². The predicted octanol–water partition coefficient (Wildman–Crippen LogP) is 3.48. The summed E-state index contributed by atoms with van der Waals surface area (Å²) in [4.78, 5) is 15.6. The number of halogens is 1. The van der Waals surface area contributed by atoms with Crippen LogP contribution >= 0.6 is 11.6 Å². The molecule has 122 valence electrons. The molecule has 2 heterocycles. The molecule has 2 aromatic carbocycles. The van der Waals surface area contributed by atoms with Crippen LogP contribution in [0.4, 0.5) is 0 Å². The van der Waals surface area contributed by atoms with E-state index in [4.69, 9.17) is 16.3 Å². The second-order valence-electron chi connectivity index (χ2n) is 5.96. The Morgan fingerprint density at radius 1 is 1.29 bits per heavy atom. The summed E-state index contributed by atoms with van der Waals surface area (Å²) in [5, 5.41) is 4.83. The number of H-pyrrole nitrogens is 1. The molecule has 3 aromatic rings. The predicted molar refractivity (Wildman–Crippen MR) is 94.6 cm³/mol. The number of aromatic nitrogens is 1. The minimum atomic E-state index is -0.471. The van der Waals surface area contributed by atoms with E-state index in [9.17, 15) is 4.79 Å². The maximum absolute atomic E-state index is 12.3. The van der Waals surface area contributed by atoms with Crippen LogP contribution in [-0.4, -0.2) is 23.5 Å². The minimum Gasteiger partial charge on any atom is -0.480 e. The quantitative estimate of drug-likeness (QED) is 0.764. The highest BCUT2D eigenvalue weighted by atomic mass is 35.5. The van der Waals surface area contributed by atoms with Crippen molar-refractivity contribution >= 4 is 28.4 Å². The van der Waals surface area contributed by atoms with Gasteiger partial charge in [-0.3, -0.25) is 4.79 Å². The first kappa shape index (κ1) is 15.1. The van der Waals surface area contributed by atoms with Gasteiger partial charge in [0.25, 0.3) is 5.91 Å². The molecule has 0 fully saturated rings. The van der Waals surface area contributed by atoms with Crippen molar-refractivity contribution in [2.45, 2.75) is 18.9 Å². The first-order chi connectivity index (χ1) is 11.7. The number of hydrogen-bond donors (Lipinski definition) is 2. The van der Waals surface area contributed by atoms with Crippen molar-refractivity contribution in [3.05, 3.63) is 64.8 Å². The van der Waals surface area contributed by atoms with E-state index in [1.54, 1.807) is 6.07 Å². The Bertz CT molecular complexity index is 903. The summed E-state index contributed by atoms with van der Waals surface area (Å²) >= 11 is 5.98. The monoisotopic (exact) mass is 340 g/mol. The lowest BCUT2D eigenvalue weighted by atomic mass is 10.1. The Hall–Kier alpha value is -2.46. The van der Waals surface area contributed by atoms with Crippen molar-refractivity contribution in [1.29, 1.82) is 0 Å². The molecule has 24 heavy (non-hydrogen) atoms. The molecule has 0 radical (unpaired) electrons. The number of aromatic amines is 1. The summed E-state index contributed by atoms with van der Waals surface area (Å²) < 4.78 is 5.70. The molecule has 1 aliphatic rings. The van der Waals surface area contributed by atoms with Crippen LogP contribution in [0, 0.1) is 0 Å². The van der Waals surface area contributed by atoms with Gasteiger partial charge in [0, 0.05) is 35.1 Å². The first-order valence-corrected chi connectivity index (χ1v) is 8.36. The summed E-state index contributed by atoms with van der Waals surface area (Å²) in [6.07, 6.45) is 2.87. The van der Waals surface area contributed by atoms with Gasteiger partial charge in [-0.25, -0.2) is 0 Å². The van der Waals surface area contributed by atoms with Crippen LogP contribution in [0.2, 0.25) is 5.02 Å². The maximum atomic E-state index is 12.3. The van der Waals surface area contributed by atoms with Gasteiger partial charge in [-0.15, -0.1) is 0 Å². The zero-order valence-electron chi connectivity index (χ0n) is 13.0. The van der Waals surface area contributed by atoms with Gasteiger partial charge in [0.15, 0.2) is 6.10 Å². The van der Waals surface area contributed by atoms with E-state index in [-0.39, 0.29) is 5.91 Å². The maximum Gasteiger partial charge on any atom is 0.261 e. The summed E-state index contributed by atoms with van der Waals surface area (Å²) in [5.41, 5.74) is 3.30. The molecule has 5 heteroatoms. The summed E-state index contributed by atoms with van der Waals surface area (Å²) in [7, 11) is 0. The highest BCUT2D eigenvalue weighted by molar-refractivity contribution is 6.30. The average Bonchev–Trinajstić information content (AvgIpc) is 3.18. The van der Waals surface area contributed by atoms with Crippen LogP contribution in [-0.2, 0) is 17.6 Å². The Balaban J connectivity index is 1.34. The van der Waals surface area contributed by atoms with Crippen molar-refractivity contribution in [3.8, 4) is 5.75 Å². The van der Waals surface area contributed by atoms with E-state index in [1.165, 1.54) is 10.9 Å². The highest BCUT2D eigenvalue weighted by Gasteiger charge is 2.28. The number of amides is 1.